The lowest BCUT2D eigenvalue weighted by Crippen LogP contribution is -2.27. The molecule has 1 amide bonds. The van der Waals surface area contributed by atoms with Crippen LogP contribution in [0.5, 0.6) is 0 Å². The predicted molar refractivity (Wildman–Crippen MR) is 141 cm³/mol. The Bertz CT molecular complexity index is 1390. The van der Waals surface area contributed by atoms with Gasteiger partial charge in [-0.2, -0.15) is 0 Å². The fourth-order valence-corrected chi connectivity index (χ4v) is 6.18. The monoisotopic (exact) mass is 487 g/mol. The number of hydrogen-bond donors (Lipinski definition) is 0. The van der Waals surface area contributed by atoms with Crippen molar-refractivity contribution >= 4 is 39.2 Å². The number of carbonyl (C=O) groups excluding carboxylic acids is 1. The number of hydrogen-bond acceptors (Lipinski definition) is 5. The number of amides is 1. The molecule has 1 saturated heterocycles. The molecule has 5 rings (SSSR count). The van der Waals surface area contributed by atoms with Crippen LogP contribution in [0.4, 0.5) is 0 Å². The average molecular weight is 488 g/mol. The van der Waals surface area contributed by atoms with Crippen LogP contribution in [-0.4, -0.2) is 33.4 Å². The lowest BCUT2D eigenvalue weighted by molar-refractivity contribution is 0.0793. The molecule has 0 bridgehead atoms. The molecule has 1 aliphatic rings. The Morgan fingerprint density at radius 3 is 2.53 bits per heavy atom. The summed E-state index contributed by atoms with van der Waals surface area (Å²) >= 11 is 3.07. The third-order valence-corrected chi connectivity index (χ3v) is 8.07. The van der Waals surface area contributed by atoms with E-state index in [0.29, 0.717) is 22.8 Å². The van der Waals surface area contributed by atoms with Crippen LogP contribution in [0.25, 0.3) is 20.7 Å². The smallest absolute Gasteiger partial charge is 0.263 e. The molecule has 0 saturated carbocycles. The van der Waals surface area contributed by atoms with Gasteiger partial charge in [0.15, 0.2) is 5.16 Å². The van der Waals surface area contributed by atoms with Crippen molar-refractivity contribution in [2.75, 3.05) is 13.1 Å². The van der Waals surface area contributed by atoms with Gasteiger partial charge in [-0.15, -0.1) is 17.9 Å². The Kier molecular flexibility index (Phi) is 6.65. The van der Waals surface area contributed by atoms with E-state index in [1.54, 1.807) is 10.6 Å². The number of likely N-dealkylation sites (tertiary alicyclic amines) is 1. The molecular formula is C27H25N3O2S2. The highest BCUT2D eigenvalue weighted by Crippen LogP contribution is 2.32. The van der Waals surface area contributed by atoms with E-state index in [2.05, 4.69) is 6.58 Å². The molecule has 0 aliphatic carbocycles. The quantitative estimate of drug-likeness (QED) is 0.187. The molecule has 2 aromatic heterocycles. The van der Waals surface area contributed by atoms with Gasteiger partial charge in [-0.1, -0.05) is 60.3 Å². The van der Waals surface area contributed by atoms with Crippen molar-refractivity contribution in [1.82, 2.24) is 14.5 Å². The molecule has 34 heavy (non-hydrogen) atoms. The van der Waals surface area contributed by atoms with E-state index in [9.17, 15) is 9.59 Å². The van der Waals surface area contributed by atoms with Crippen molar-refractivity contribution in [3.8, 4) is 10.4 Å². The number of rotatable bonds is 7. The maximum atomic E-state index is 13.3. The first kappa shape index (κ1) is 22.6. The van der Waals surface area contributed by atoms with Crippen molar-refractivity contribution in [3.05, 3.63) is 94.8 Å². The van der Waals surface area contributed by atoms with Gasteiger partial charge < -0.3 is 4.90 Å². The van der Waals surface area contributed by atoms with Crippen molar-refractivity contribution in [2.24, 2.45) is 0 Å². The molecule has 0 radical (unpaired) electrons. The zero-order chi connectivity index (χ0) is 23.5. The van der Waals surface area contributed by atoms with E-state index in [0.717, 1.165) is 52.3 Å². The number of allylic oxidation sites excluding steroid dienone is 1. The predicted octanol–water partition coefficient (Wildman–Crippen LogP) is 5.84. The van der Waals surface area contributed by atoms with Crippen molar-refractivity contribution in [1.29, 1.82) is 0 Å². The number of carbonyl (C=O) groups is 1. The van der Waals surface area contributed by atoms with Gasteiger partial charge in [-0.3, -0.25) is 14.2 Å². The summed E-state index contributed by atoms with van der Waals surface area (Å²) in [6, 6.07) is 19.8. The first-order valence-corrected chi connectivity index (χ1v) is 13.2. The molecule has 4 aromatic rings. The number of fused-ring (bicyclic) bond motifs is 1. The normalized spacial score (nSPS) is 13.5. The Balaban J connectivity index is 1.39. The molecule has 2 aromatic carbocycles. The van der Waals surface area contributed by atoms with Crippen LogP contribution >= 0.6 is 23.1 Å². The second-order valence-electron chi connectivity index (χ2n) is 8.28. The van der Waals surface area contributed by atoms with Gasteiger partial charge >= 0.3 is 0 Å². The minimum absolute atomic E-state index is 0.0441. The summed E-state index contributed by atoms with van der Waals surface area (Å²) in [5.74, 6) is 0.764. The molecule has 7 heteroatoms. The highest BCUT2D eigenvalue weighted by Gasteiger charge is 2.19. The van der Waals surface area contributed by atoms with Crippen LogP contribution in [0.2, 0.25) is 0 Å². The van der Waals surface area contributed by atoms with Gasteiger partial charge in [0.2, 0.25) is 0 Å². The fraction of sp³-hybridized carbons (Fsp3) is 0.222. The molecule has 5 nitrogen and oxygen atoms in total. The van der Waals surface area contributed by atoms with Crippen LogP contribution < -0.4 is 5.56 Å². The summed E-state index contributed by atoms with van der Waals surface area (Å²) in [7, 11) is 0. The van der Waals surface area contributed by atoms with E-state index < -0.39 is 0 Å². The van der Waals surface area contributed by atoms with Gasteiger partial charge in [0.25, 0.3) is 11.5 Å². The van der Waals surface area contributed by atoms with Crippen molar-refractivity contribution < 1.29 is 4.79 Å². The summed E-state index contributed by atoms with van der Waals surface area (Å²) in [6.45, 7) is 5.92. The summed E-state index contributed by atoms with van der Waals surface area (Å²) in [5.41, 5.74) is 2.85. The van der Waals surface area contributed by atoms with E-state index in [-0.39, 0.29) is 11.5 Å². The maximum absolute atomic E-state index is 13.3. The van der Waals surface area contributed by atoms with Crippen molar-refractivity contribution in [3.63, 3.8) is 0 Å². The van der Waals surface area contributed by atoms with E-state index in [1.807, 2.05) is 65.6 Å². The Morgan fingerprint density at radius 2 is 1.82 bits per heavy atom. The third-order valence-electron chi connectivity index (χ3n) is 5.95. The first-order chi connectivity index (χ1) is 16.6. The zero-order valence-electron chi connectivity index (χ0n) is 18.8. The summed E-state index contributed by atoms with van der Waals surface area (Å²) in [4.78, 5) is 34.4. The van der Waals surface area contributed by atoms with Crippen molar-refractivity contribution in [2.45, 2.75) is 30.3 Å². The molecule has 0 unspecified atom stereocenters. The van der Waals surface area contributed by atoms with Crippen LogP contribution in [0.3, 0.4) is 0 Å². The second-order valence-corrected chi connectivity index (χ2v) is 10.3. The number of benzene rings is 2. The number of nitrogens with zero attached hydrogens (tertiary/aromatic N) is 3. The first-order valence-electron chi connectivity index (χ1n) is 11.4. The average Bonchev–Trinajstić information content (AvgIpc) is 3.56. The van der Waals surface area contributed by atoms with Gasteiger partial charge in [0.05, 0.1) is 5.39 Å². The van der Waals surface area contributed by atoms with E-state index in [1.165, 1.54) is 23.1 Å². The molecule has 1 fully saturated rings. The van der Waals surface area contributed by atoms with Gasteiger partial charge in [0.1, 0.15) is 4.83 Å². The number of aromatic nitrogens is 2. The van der Waals surface area contributed by atoms with Crippen LogP contribution in [-0.2, 0) is 12.3 Å². The molecule has 0 atom stereocenters. The van der Waals surface area contributed by atoms with Gasteiger partial charge in [-0.05, 0) is 42.2 Å². The van der Waals surface area contributed by atoms with Crippen LogP contribution in [0, 0.1) is 0 Å². The molecule has 3 heterocycles. The standard InChI is InChI=1S/C27H25N3O2S2/c1-2-14-30-26(32)22-17-23(20-8-4-3-5-9-20)34-24(22)28-27(30)33-18-19-10-12-21(13-11-19)25(31)29-15-6-7-16-29/h2-5,8-13,17H,1,6-7,14-16,18H2. The molecular weight excluding hydrogens is 462 g/mol. The number of thioether (sulfide) groups is 1. The highest BCUT2D eigenvalue weighted by molar-refractivity contribution is 7.98. The third kappa shape index (κ3) is 4.58. The van der Waals surface area contributed by atoms with Gasteiger partial charge in [-0.25, -0.2) is 4.98 Å². The topological polar surface area (TPSA) is 55.2 Å². The van der Waals surface area contributed by atoms with E-state index >= 15 is 0 Å². The van der Waals surface area contributed by atoms with Crippen LogP contribution in [0.15, 0.2) is 83.3 Å². The summed E-state index contributed by atoms with van der Waals surface area (Å²) < 4.78 is 1.69. The SMILES string of the molecule is C=CCn1c(SCc2ccc(C(=O)N3CCCC3)cc2)nc2sc(-c3ccccc3)cc2c1=O. The number of thiophene rings is 1. The summed E-state index contributed by atoms with van der Waals surface area (Å²) in [5, 5.41) is 1.32. The van der Waals surface area contributed by atoms with Gasteiger partial charge in [0, 0.05) is 35.8 Å². The Labute approximate surface area is 206 Å². The largest absolute Gasteiger partial charge is 0.339 e. The molecule has 172 valence electrons. The Morgan fingerprint density at radius 1 is 1.09 bits per heavy atom. The Hall–Kier alpha value is -3.16. The van der Waals surface area contributed by atoms with Crippen LogP contribution in [0.1, 0.15) is 28.8 Å². The second kappa shape index (κ2) is 9.99. The fourth-order valence-electron chi connectivity index (χ4n) is 4.14. The molecule has 0 N–H and O–H groups in total. The minimum Gasteiger partial charge on any atom is -0.339 e. The highest BCUT2D eigenvalue weighted by atomic mass is 32.2. The molecule has 0 spiro atoms. The maximum Gasteiger partial charge on any atom is 0.263 e. The van der Waals surface area contributed by atoms with E-state index in [4.69, 9.17) is 4.98 Å². The lowest BCUT2D eigenvalue weighted by atomic mass is 10.1. The molecule has 1 aliphatic heterocycles. The minimum atomic E-state index is -0.0441. The lowest BCUT2D eigenvalue weighted by Gasteiger charge is -2.15. The zero-order valence-corrected chi connectivity index (χ0v) is 20.4. The summed E-state index contributed by atoms with van der Waals surface area (Å²) in [6.07, 6.45) is 3.89.